The van der Waals surface area contributed by atoms with Crippen LogP contribution in [0.15, 0.2) is 58.4 Å². The largest absolute Gasteiger partial charge is 0.340 e. The second-order valence-corrected chi connectivity index (χ2v) is 9.85. The highest BCUT2D eigenvalue weighted by atomic mass is 32.2. The normalized spacial score (nSPS) is 20.2. The molecular formula is C22H25N3O4S. The van der Waals surface area contributed by atoms with Gasteiger partial charge in [-0.05, 0) is 36.6 Å². The number of aliphatic imine (C=N–C) groups is 1. The first-order valence-electron chi connectivity index (χ1n) is 10.3. The van der Waals surface area contributed by atoms with Crippen molar-refractivity contribution in [3.8, 4) is 0 Å². The maximum Gasteiger partial charge on any atom is 0.257 e. The molecule has 0 N–H and O–H groups in total. The lowest BCUT2D eigenvalue weighted by Gasteiger charge is -2.36. The van der Waals surface area contributed by atoms with Gasteiger partial charge in [-0.3, -0.25) is 4.99 Å². The van der Waals surface area contributed by atoms with Gasteiger partial charge in [0.2, 0.25) is 10.0 Å². The second kappa shape index (κ2) is 7.46. The van der Waals surface area contributed by atoms with Gasteiger partial charge in [-0.1, -0.05) is 30.3 Å². The molecule has 0 atom stereocenters. The molecule has 0 amide bonds. The van der Waals surface area contributed by atoms with Crippen molar-refractivity contribution in [3.63, 3.8) is 0 Å². The topological polar surface area (TPSA) is 71.4 Å². The fraction of sp³-hybridized carbons (Fsp3) is 0.409. The Morgan fingerprint density at radius 2 is 1.87 bits per heavy atom. The lowest BCUT2D eigenvalue weighted by Crippen LogP contribution is -2.49. The van der Waals surface area contributed by atoms with Crippen molar-refractivity contribution in [1.29, 1.82) is 0 Å². The minimum atomic E-state index is -3.68. The first kappa shape index (κ1) is 19.7. The van der Waals surface area contributed by atoms with E-state index in [1.807, 2.05) is 36.4 Å². The predicted molar refractivity (Wildman–Crippen MR) is 114 cm³/mol. The van der Waals surface area contributed by atoms with Crippen LogP contribution >= 0.6 is 0 Å². The molecule has 0 aliphatic carbocycles. The van der Waals surface area contributed by atoms with Gasteiger partial charge >= 0.3 is 0 Å². The van der Waals surface area contributed by atoms with E-state index in [1.54, 1.807) is 19.2 Å². The molecule has 1 fully saturated rings. The van der Waals surface area contributed by atoms with Crippen LogP contribution in [0.3, 0.4) is 0 Å². The number of nitrogens with zero attached hydrogens (tertiary/aromatic N) is 3. The highest BCUT2D eigenvalue weighted by Crippen LogP contribution is 2.47. The molecule has 0 unspecified atom stereocenters. The van der Waals surface area contributed by atoms with Gasteiger partial charge in [0, 0.05) is 32.2 Å². The summed E-state index contributed by atoms with van der Waals surface area (Å²) < 4.78 is 40.3. The Morgan fingerprint density at radius 3 is 2.63 bits per heavy atom. The standard InChI is InChI=1S/C22H25N3O4S/c1-24(16-17-7-3-2-4-8-17)30(26,27)18-9-10-20-19(15-18)22(28-13-6-14-29-22)21-23-11-5-12-25(20)21/h2-4,7-10,15H,5-6,11-14,16H2,1H3. The summed E-state index contributed by atoms with van der Waals surface area (Å²) in [6, 6.07) is 14.8. The van der Waals surface area contributed by atoms with Crippen molar-refractivity contribution in [3.05, 3.63) is 59.7 Å². The molecule has 3 aliphatic heterocycles. The molecule has 8 heteroatoms. The number of sulfonamides is 1. The molecule has 2 aromatic carbocycles. The van der Waals surface area contributed by atoms with E-state index in [1.165, 1.54) is 4.31 Å². The molecular weight excluding hydrogens is 402 g/mol. The minimum Gasteiger partial charge on any atom is -0.340 e. The molecule has 0 radical (unpaired) electrons. The zero-order chi connectivity index (χ0) is 20.8. The molecule has 3 heterocycles. The lowest BCUT2D eigenvalue weighted by molar-refractivity contribution is -0.228. The van der Waals surface area contributed by atoms with Crippen LogP contribution in [0.5, 0.6) is 0 Å². The molecule has 2 aromatic rings. The second-order valence-electron chi connectivity index (χ2n) is 7.80. The van der Waals surface area contributed by atoms with Crippen molar-refractivity contribution in [1.82, 2.24) is 4.31 Å². The fourth-order valence-electron chi connectivity index (χ4n) is 4.34. The highest BCUT2D eigenvalue weighted by Gasteiger charge is 2.53. The number of rotatable bonds is 4. The van der Waals surface area contributed by atoms with E-state index >= 15 is 0 Å². The quantitative estimate of drug-likeness (QED) is 0.750. The predicted octanol–water partition coefficient (Wildman–Crippen LogP) is 2.72. The first-order valence-corrected chi connectivity index (χ1v) is 11.7. The van der Waals surface area contributed by atoms with Gasteiger partial charge in [0.05, 0.1) is 23.8 Å². The minimum absolute atomic E-state index is 0.234. The number of benzene rings is 2. The van der Waals surface area contributed by atoms with Crippen LogP contribution in [0.2, 0.25) is 0 Å². The zero-order valence-electron chi connectivity index (χ0n) is 17.0. The Morgan fingerprint density at radius 1 is 1.10 bits per heavy atom. The van der Waals surface area contributed by atoms with Crippen LogP contribution in [0.4, 0.5) is 5.69 Å². The number of anilines is 1. The van der Waals surface area contributed by atoms with Crippen molar-refractivity contribution in [2.45, 2.75) is 30.1 Å². The Balaban J connectivity index is 1.54. The first-order chi connectivity index (χ1) is 14.5. The third kappa shape index (κ3) is 3.06. The van der Waals surface area contributed by atoms with Crippen LogP contribution in [0.25, 0.3) is 0 Å². The number of hydrogen-bond donors (Lipinski definition) is 0. The van der Waals surface area contributed by atoms with Gasteiger partial charge in [-0.25, -0.2) is 8.42 Å². The summed E-state index contributed by atoms with van der Waals surface area (Å²) in [6.07, 6.45) is 1.75. The van der Waals surface area contributed by atoms with Crippen LogP contribution in [-0.4, -0.2) is 51.9 Å². The summed E-state index contributed by atoms with van der Waals surface area (Å²) in [5.74, 6) is -0.354. The van der Waals surface area contributed by atoms with Crippen molar-refractivity contribution >= 4 is 21.5 Å². The van der Waals surface area contributed by atoms with Gasteiger partial charge in [0.1, 0.15) is 0 Å². The van der Waals surface area contributed by atoms with Crippen molar-refractivity contribution < 1.29 is 17.9 Å². The van der Waals surface area contributed by atoms with E-state index in [4.69, 9.17) is 14.5 Å². The van der Waals surface area contributed by atoms with Crippen LogP contribution in [0, 0.1) is 0 Å². The summed E-state index contributed by atoms with van der Waals surface area (Å²) >= 11 is 0. The van der Waals surface area contributed by atoms with Crippen molar-refractivity contribution in [2.24, 2.45) is 4.99 Å². The summed E-state index contributed by atoms with van der Waals surface area (Å²) in [5.41, 5.74) is 2.59. The van der Waals surface area contributed by atoms with Crippen LogP contribution < -0.4 is 4.90 Å². The summed E-state index contributed by atoms with van der Waals surface area (Å²) in [6.45, 7) is 2.95. The highest BCUT2D eigenvalue weighted by molar-refractivity contribution is 7.89. The Labute approximate surface area is 177 Å². The number of ether oxygens (including phenoxy) is 2. The monoisotopic (exact) mass is 427 g/mol. The Hall–Kier alpha value is -2.26. The van der Waals surface area contributed by atoms with Crippen molar-refractivity contribution in [2.75, 3.05) is 38.3 Å². The third-order valence-electron chi connectivity index (χ3n) is 5.82. The zero-order valence-corrected chi connectivity index (χ0v) is 17.8. The molecule has 1 saturated heterocycles. The maximum absolute atomic E-state index is 13.3. The average molecular weight is 428 g/mol. The summed E-state index contributed by atoms with van der Waals surface area (Å²) in [5, 5.41) is 0. The van der Waals surface area contributed by atoms with E-state index in [2.05, 4.69) is 4.90 Å². The van der Waals surface area contributed by atoms with E-state index in [0.717, 1.165) is 48.6 Å². The molecule has 0 bridgehead atoms. The molecule has 5 rings (SSSR count). The smallest absolute Gasteiger partial charge is 0.257 e. The molecule has 7 nitrogen and oxygen atoms in total. The number of fused-ring (bicyclic) bond motifs is 5. The Bertz CT molecular complexity index is 1080. The van der Waals surface area contributed by atoms with E-state index in [9.17, 15) is 8.42 Å². The molecule has 0 aromatic heterocycles. The molecule has 30 heavy (non-hydrogen) atoms. The molecule has 0 saturated carbocycles. The van der Waals surface area contributed by atoms with E-state index in [-0.39, 0.29) is 4.90 Å². The third-order valence-corrected chi connectivity index (χ3v) is 7.62. The summed E-state index contributed by atoms with van der Waals surface area (Å²) in [4.78, 5) is 7.04. The SMILES string of the molecule is CN(Cc1ccccc1)S(=O)(=O)c1ccc2c(c1)C1(OCCCO1)C1=NCCCN12. The Kier molecular flexibility index (Phi) is 4.89. The van der Waals surface area contributed by atoms with Gasteiger partial charge in [-0.15, -0.1) is 0 Å². The summed E-state index contributed by atoms with van der Waals surface area (Å²) in [7, 11) is -2.08. The molecule has 1 spiro atoms. The fourth-order valence-corrected chi connectivity index (χ4v) is 5.52. The molecule has 158 valence electrons. The molecule has 3 aliphatic rings. The number of amidine groups is 1. The van der Waals surface area contributed by atoms with Gasteiger partial charge < -0.3 is 14.4 Å². The average Bonchev–Trinajstić information content (AvgIpc) is 3.04. The van der Waals surface area contributed by atoms with Crippen LogP contribution in [-0.2, 0) is 31.8 Å². The van der Waals surface area contributed by atoms with Crippen LogP contribution in [0.1, 0.15) is 24.0 Å². The number of hydrogen-bond acceptors (Lipinski definition) is 6. The van der Waals surface area contributed by atoms with Gasteiger partial charge in [0.25, 0.3) is 5.79 Å². The van der Waals surface area contributed by atoms with E-state index in [0.29, 0.717) is 19.8 Å². The van der Waals surface area contributed by atoms with Gasteiger partial charge in [-0.2, -0.15) is 4.31 Å². The maximum atomic E-state index is 13.3. The van der Waals surface area contributed by atoms with Gasteiger partial charge in [0.15, 0.2) is 5.84 Å². The lowest BCUT2D eigenvalue weighted by atomic mass is 10.1. The van der Waals surface area contributed by atoms with E-state index < -0.39 is 15.8 Å².